The van der Waals surface area contributed by atoms with Gasteiger partial charge in [0.15, 0.2) is 5.79 Å². The lowest BCUT2D eigenvalue weighted by Gasteiger charge is -2.31. The van der Waals surface area contributed by atoms with E-state index in [0.29, 0.717) is 0 Å². The number of rotatable bonds is 4. The Morgan fingerprint density at radius 1 is 1.24 bits per heavy atom. The highest BCUT2D eigenvalue weighted by atomic mass is 19.1. The first-order valence-corrected chi connectivity index (χ1v) is 5.68. The fourth-order valence-electron chi connectivity index (χ4n) is 1.52. The molecule has 0 spiro atoms. The lowest BCUT2D eigenvalue weighted by molar-refractivity contribution is 0.0117. The van der Waals surface area contributed by atoms with Gasteiger partial charge in [-0.05, 0) is 33.1 Å². The third-order valence-electron chi connectivity index (χ3n) is 2.00. The summed E-state index contributed by atoms with van der Waals surface area (Å²) in [5.74, 6) is -1.91. The summed E-state index contributed by atoms with van der Waals surface area (Å²) in [6.45, 7) is 9.68. The van der Waals surface area contributed by atoms with Crippen LogP contribution >= 0.6 is 0 Å². The summed E-state index contributed by atoms with van der Waals surface area (Å²) < 4.78 is 19.0. The summed E-state index contributed by atoms with van der Waals surface area (Å²) >= 11 is 0. The van der Waals surface area contributed by atoms with Crippen molar-refractivity contribution in [3.05, 3.63) is 0 Å². The third-order valence-corrected chi connectivity index (χ3v) is 2.00. The molecule has 2 N–H and O–H groups in total. The number of ether oxygens (including phenoxy) is 1. The minimum Gasteiger partial charge on any atom is -0.444 e. The van der Waals surface area contributed by atoms with Crippen LogP contribution < -0.4 is 5.32 Å². The molecule has 0 aliphatic carbocycles. The van der Waals surface area contributed by atoms with E-state index in [1.54, 1.807) is 34.6 Å². The number of alkyl carbamates (subject to hydrolysis) is 1. The van der Waals surface area contributed by atoms with Crippen molar-refractivity contribution >= 4 is 6.09 Å². The molecule has 102 valence electrons. The number of hydrogen-bond donors (Lipinski definition) is 2. The summed E-state index contributed by atoms with van der Waals surface area (Å²) in [5, 5.41) is 11.2. The van der Waals surface area contributed by atoms with E-state index in [9.17, 15) is 9.18 Å². The lowest BCUT2D eigenvalue weighted by atomic mass is 9.86. The molecular weight excluding hydrogens is 225 g/mol. The van der Waals surface area contributed by atoms with Crippen LogP contribution in [0.4, 0.5) is 9.18 Å². The Morgan fingerprint density at radius 3 is 2.06 bits per heavy atom. The van der Waals surface area contributed by atoms with Crippen molar-refractivity contribution in [1.82, 2.24) is 5.32 Å². The van der Waals surface area contributed by atoms with Crippen molar-refractivity contribution in [3.8, 4) is 0 Å². The minimum absolute atomic E-state index is 0.00967. The number of alkyl halides is 1. The molecule has 0 aliphatic rings. The Hall–Kier alpha value is -0.840. The number of hydrogen-bond acceptors (Lipinski definition) is 3. The number of nitrogens with one attached hydrogen (secondary N) is 1. The largest absolute Gasteiger partial charge is 0.444 e. The molecule has 17 heavy (non-hydrogen) atoms. The van der Waals surface area contributed by atoms with Crippen molar-refractivity contribution in [3.63, 3.8) is 0 Å². The van der Waals surface area contributed by atoms with Gasteiger partial charge in [0, 0.05) is 13.0 Å². The number of carbonyl (C=O) groups is 1. The van der Waals surface area contributed by atoms with E-state index >= 15 is 0 Å². The molecule has 1 atom stereocenters. The van der Waals surface area contributed by atoms with Crippen molar-refractivity contribution in [2.24, 2.45) is 5.41 Å². The predicted octanol–water partition coefficient (Wildman–Crippen LogP) is 2.61. The monoisotopic (exact) mass is 249 g/mol. The summed E-state index contributed by atoms with van der Waals surface area (Å²) in [5.41, 5.74) is -1.26. The maximum absolute atomic E-state index is 14.1. The van der Waals surface area contributed by atoms with Crippen molar-refractivity contribution in [2.75, 3.05) is 6.61 Å². The van der Waals surface area contributed by atoms with E-state index in [2.05, 4.69) is 5.32 Å². The molecule has 0 aromatic carbocycles. The Balaban J connectivity index is 4.40. The maximum atomic E-state index is 14.1. The highest BCUT2D eigenvalue weighted by Crippen LogP contribution is 2.28. The molecule has 0 aromatic heterocycles. The van der Waals surface area contributed by atoms with Crippen LogP contribution in [0.5, 0.6) is 0 Å². The predicted molar refractivity (Wildman–Crippen MR) is 64.4 cm³/mol. The first kappa shape index (κ1) is 16.2. The molecular formula is C12H24FNO3. The molecule has 1 unspecified atom stereocenters. The van der Waals surface area contributed by atoms with Crippen molar-refractivity contribution in [1.29, 1.82) is 0 Å². The van der Waals surface area contributed by atoms with Crippen LogP contribution in [0.3, 0.4) is 0 Å². The third kappa shape index (κ3) is 7.96. The van der Waals surface area contributed by atoms with Crippen LogP contribution in [0.25, 0.3) is 0 Å². The van der Waals surface area contributed by atoms with Crippen LogP contribution in [0.15, 0.2) is 0 Å². The van der Waals surface area contributed by atoms with Gasteiger partial charge in [-0.2, -0.15) is 0 Å². The summed E-state index contributed by atoms with van der Waals surface area (Å²) in [4.78, 5) is 11.4. The van der Waals surface area contributed by atoms with E-state index in [0.717, 1.165) is 0 Å². The minimum atomic E-state index is -1.91. The van der Waals surface area contributed by atoms with Gasteiger partial charge < -0.3 is 9.84 Å². The van der Waals surface area contributed by atoms with Crippen molar-refractivity contribution in [2.45, 2.75) is 59.4 Å². The highest BCUT2D eigenvalue weighted by molar-refractivity contribution is 5.68. The lowest BCUT2D eigenvalue weighted by Crippen LogP contribution is -2.47. The van der Waals surface area contributed by atoms with Gasteiger partial charge in [0.25, 0.3) is 0 Å². The number of carbonyl (C=O) groups excluding carboxylic acids is 1. The van der Waals surface area contributed by atoms with Gasteiger partial charge in [-0.1, -0.05) is 13.8 Å². The molecule has 1 amide bonds. The molecule has 0 saturated carbocycles. The smallest absolute Gasteiger partial charge is 0.410 e. The van der Waals surface area contributed by atoms with Gasteiger partial charge in [0.05, 0.1) is 0 Å². The van der Waals surface area contributed by atoms with Crippen LogP contribution in [0.1, 0.15) is 48.0 Å². The van der Waals surface area contributed by atoms with Crippen LogP contribution in [-0.2, 0) is 4.74 Å². The maximum Gasteiger partial charge on any atom is 0.410 e. The molecule has 0 heterocycles. The molecule has 0 aliphatic heterocycles. The number of aliphatic hydroxyl groups excluding tert-OH is 1. The zero-order valence-electron chi connectivity index (χ0n) is 11.6. The Morgan fingerprint density at radius 2 is 1.71 bits per heavy atom. The van der Waals surface area contributed by atoms with Gasteiger partial charge in [-0.25, -0.2) is 9.18 Å². The zero-order chi connectivity index (χ0) is 13.9. The van der Waals surface area contributed by atoms with E-state index in [1.807, 2.05) is 0 Å². The fraction of sp³-hybridized carbons (Fsp3) is 0.917. The van der Waals surface area contributed by atoms with Crippen LogP contribution in [0.2, 0.25) is 0 Å². The Labute approximate surface area is 103 Å². The SMILES string of the molecule is CC(C)(CO)CC(C)(F)NC(=O)OC(C)(C)C. The Bertz CT molecular complexity index is 269. The second-order valence-corrected chi connectivity index (χ2v) is 6.32. The second-order valence-electron chi connectivity index (χ2n) is 6.32. The zero-order valence-corrected chi connectivity index (χ0v) is 11.6. The second kappa shape index (κ2) is 5.21. The summed E-state index contributed by atoms with van der Waals surface area (Å²) in [6.07, 6.45) is -0.785. The van der Waals surface area contributed by atoms with Gasteiger partial charge >= 0.3 is 6.09 Å². The highest BCUT2D eigenvalue weighted by Gasteiger charge is 2.34. The molecule has 0 saturated heterocycles. The number of amides is 1. The van der Waals surface area contributed by atoms with Gasteiger partial charge in [-0.3, -0.25) is 5.32 Å². The van der Waals surface area contributed by atoms with Gasteiger partial charge in [0.2, 0.25) is 0 Å². The first-order valence-electron chi connectivity index (χ1n) is 5.68. The fourth-order valence-corrected chi connectivity index (χ4v) is 1.52. The van der Waals surface area contributed by atoms with Crippen LogP contribution in [-0.4, -0.2) is 29.2 Å². The molecule has 5 heteroatoms. The molecule has 0 rings (SSSR count). The summed E-state index contributed by atoms with van der Waals surface area (Å²) in [6, 6.07) is 0. The first-order chi connectivity index (χ1) is 7.37. The molecule has 0 fully saturated rings. The van der Waals surface area contributed by atoms with Crippen LogP contribution in [0, 0.1) is 5.41 Å². The quantitative estimate of drug-likeness (QED) is 0.753. The molecule has 0 bridgehead atoms. The van der Waals surface area contributed by atoms with Gasteiger partial charge in [-0.15, -0.1) is 0 Å². The topological polar surface area (TPSA) is 58.6 Å². The Kier molecular flexibility index (Phi) is 4.95. The normalized spacial score (nSPS) is 16.2. The molecule has 4 nitrogen and oxygen atoms in total. The van der Waals surface area contributed by atoms with E-state index < -0.39 is 22.9 Å². The van der Waals surface area contributed by atoms with E-state index in [1.165, 1.54) is 6.92 Å². The standard InChI is InChI=1S/C12H24FNO3/c1-10(2,3)17-9(16)14-12(6,13)7-11(4,5)8-15/h15H,7-8H2,1-6H3,(H,14,16). The average molecular weight is 249 g/mol. The van der Waals surface area contributed by atoms with Gasteiger partial charge in [0.1, 0.15) is 5.60 Å². The number of aliphatic hydroxyl groups is 1. The average Bonchev–Trinajstić information content (AvgIpc) is 1.96. The number of halogens is 1. The molecule has 0 aromatic rings. The summed E-state index contributed by atoms with van der Waals surface area (Å²) in [7, 11) is 0. The molecule has 0 radical (unpaired) electrons. The van der Waals surface area contributed by atoms with E-state index in [-0.39, 0.29) is 13.0 Å². The van der Waals surface area contributed by atoms with E-state index in [4.69, 9.17) is 9.84 Å². The van der Waals surface area contributed by atoms with Crippen molar-refractivity contribution < 1.29 is 19.0 Å².